The van der Waals surface area contributed by atoms with Gasteiger partial charge in [0.25, 0.3) is 0 Å². The molecule has 27 heavy (non-hydrogen) atoms. The molecule has 2 aromatic carbocycles. The maximum atomic E-state index is 12.1. The zero-order chi connectivity index (χ0) is 19.7. The van der Waals surface area contributed by atoms with Crippen LogP contribution in [0.4, 0.5) is 0 Å². The van der Waals surface area contributed by atoms with Gasteiger partial charge in [-0.05, 0) is 44.0 Å². The van der Waals surface area contributed by atoms with E-state index in [0.29, 0.717) is 24.0 Å². The van der Waals surface area contributed by atoms with Crippen molar-refractivity contribution in [2.45, 2.75) is 26.7 Å². The summed E-state index contributed by atoms with van der Waals surface area (Å²) in [6.07, 6.45) is 0.802. The standard InChI is InChI=1S/C21H22O6/c1-4-21(3,5-2)20(26-24-18(22)16-12-8-6-9-13-16)27-25-19(23)17-14-10-7-11-15-17/h6-15H,3-5H2,1-2H3. The zero-order valence-electron chi connectivity index (χ0n) is 15.3. The van der Waals surface area contributed by atoms with Crippen LogP contribution in [-0.2, 0) is 19.6 Å². The van der Waals surface area contributed by atoms with Crippen LogP contribution in [0, 0.1) is 18.6 Å². The van der Waals surface area contributed by atoms with Crippen molar-refractivity contribution in [2.24, 2.45) is 5.41 Å². The van der Waals surface area contributed by atoms with Crippen molar-refractivity contribution < 1.29 is 29.1 Å². The van der Waals surface area contributed by atoms with Crippen molar-refractivity contribution in [2.75, 3.05) is 0 Å². The summed E-state index contributed by atoms with van der Waals surface area (Å²) in [7, 11) is 0. The zero-order valence-corrected chi connectivity index (χ0v) is 15.3. The Morgan fingerprint density at radius 3 is 1.44 bits per heavy atom. The molecule has 0 aliphatic heterocycles. The summed E-state index contributed by atoms with van der Waals surface area (Å²) in [4.78, 5) is 44.0. The highest BCUT2D eigenvalue weighted by molar-refractivity contribution is 5.89. The molecule has 2 radical (unpaired) electrons. The van der Waals surface area contributed by atoms with E-state index in [0.717, 1.165) is 0 Å². The average molecular weight is 370 g/mol. The molecule has 0 saturated carbocycles. The van der Waals surface area contributed by atoms with Crippen LogP contribution in [0.5, 0.6) is 0 Å². The van der Waals surface area contributed by atoms with Gasteiger partial charge in [0, 0.05) is 5.41 Å². The Kier molecular flexibility index (Phi) is 7.52. The molecule has 0 aliphatic rings. The second kappa shape index (κ2) is 9.85. The predicted octanol–water partition coefficient (Wildman–Crippen LogP) is 4.69. The van der Waals surface area contributed by atoms with E-state index in [9.17, 15) is 9.59 Å². The molecule has 0 amide bonds. The Labute approximate surface area is 158 Å². The molecule has 2 aromatic rings. The SMILES string of the molecule is [CH2]C(CC)(CC)[C](OOC(=O)c1ccccc1)OOC(=O)c1ccccc1. The minimum Gasteiger partial charge on any atom is -0.289 e. The third-order valence-electron chi connectivity index (χ3n) is 4.19. The number of hydrogen-bond donors (Lipinski definition) is 0. The lowest BCUT2D eigenvalue weighted by atomic mass is 9.84. The lowest BCUT2D eigenvalue weighted by Gasteiger charge is -2.30. The Bertz CT molecular complexity index is 669. The fourth-order valence-electron chi connectivity index (χ4n) is 2.13. The minimum absolute atomic E-state index is 0.207. The molecule has 0 atom stereocenters. The van der Waals surface area contributed by atoms with Gasteiger partial charge in [0.2, 0.25) is 0 Å². The van der Waals surface area contributed by atoms with Crippen molar-refractivity contribution >= 4 is 11.9 Å². The van der Waals surface area contributed by atoms with Crippen molar-refractivity contribution in [1.82, 2.24) is 0 Å². The maximum Gasteiger partial charge on any atom is 0.373 e. The second-order valence-corrected chi connectivity index (χ2v) is 5.92. The van der Waals surface area contributed by atoms with Crippen LogP contribution in [0.25, 0.3) is 0 Å². The van der Waals surface area contributed by atoms with E-state index in [2.05, 4.69) is 6.92 Å². The van der Waals surface area contributed by atoms with Crippen molar-refractivity contribution in [1.29, 1.82) is 0 Å². The van der Waals surface area contributed by atoms with Crippen LogP contribution in [0.2, 0.25) is 0 Å². The molecule has 0 heterocycles. The van der Waals surface area contributed by atoms with Crippen molar-refractivity contribution in [3.8, 4) is 0 Å². The maximum absolute atomic E-state index is 12.1. The van der Waals surface area contributed by atoms with Gasteiger partial charge < -0.3 is 0 Å². The molecule has 0 aliphatic carbocycles. The molecule has 6 heteroatoms. The number of benzene rings is 2. The van der Waals surface area contributed by atoms with Gasteiger partial charge in [-0.15, -0.1) is 9.78 Å². The van der Waals surface area contributed by atoms with Crippen molar-refractivity contribution in [3.63, 3.8) is 0 Å². The van der Waals surface area contributed by atoms with E-state index in [1.807, 2.05) is 13.8 Å². The Morgan fingerprint density at radius 2 is 1.11 bits per heavy atom. The quantitative estimate of drug-likeness (QED) is 0.471. The normalized spacial score (nSPS) is 11.3. The minimum atomic E-state index is -0.867. The molecule has 0 bridgehead atoms. The first-order valence-electron chi connectivity index (χ1n) is 8.60. The highest BCUT2D eigenvalue weighted by atomic mass is 17.3. The molecule has 0 unspecified atom stereocenters. The van der Waals surface area contributed by atoms with E-state index in [1.54, 1.807) is 60.7 Å². The largest absolute Gasteiger partial charge is 0.373 e. The summed E-state index contributed by atoms with van der Waals surface area (Å²) in [6.45, 7) is 7.76. The first-order valence-corrected chi connectivity index (χ1v) is 8.60. The summed E-state index contributed by atoms with van der Waals surface area (Å²) in [5, 5.41) is 0. The molecule has 0 spiro atoms. The van der Waals surface area contributed by atoms with Crippen molar-refractivity contribution in [3.05, 3.63) is 85.0 Å². The van der Waals surface area contributed by atoms with E-state index in [1.165, 1.54) is 0 Å². The van der Waals surface area contributed by atoms with Gasteiger partial charge in [-0.3, -0.25) is 9.78 Å². The Hall–Kier alpha value is -2.70. The van der Waals surface area contributed by atoms with Gasteiger partial charge in [0.1, 0.15) is 0 Å². The van der Waals surface area contributed by atoms with E-state index >= 15 is 0 Å². The van der Waals surface area contributed by atoms with Crippen LogP contribution in [0.3, 0.4) is 0 Å². The molecule has 0 saturated heterocycles. The van der Waals surface area contributed by atoms with Gasteiger partial charge in [-0.25, -0.2) is 9.59 Å². The Balaban J connectivity index is 2.03. The van der Waals surface area contributed by atoms with Gasteiger partial charge >= 0.3 is 18.2 Å². The molecule has 0 aromatic heterocycles. The monoisotopic (exact) mass is 370 g/mol. The average Bonchev–Trinajstić information content (AvgIpc) is 2.74. The lowest BCUT2D eigenvalue weighted by molar-refractivity contribution is -0.381. The molecule has 142 valence electrons. The number of hydrogen-bond acceptors (Lipinski definition) is 6. The van der Waals surface area contributed by atoms with E-state index in [-0.39, 0.29) is 6.29 Å². The van der Waals surface area contributed by atoms with Gasteiger partial charge in [-0.2, -0.15) is 0 Å². The second-order valence-electron chi connectivity index (χ2n) is 5.92. The van der Waals surface area contributed by atoms with E-state index < -0.39 is 17.4 Å². The summed E-state index contributed by atoms with van der Waals surface area (Å²) in [5.41, 5.74) is -0.255. The lowest BCUT2D eigenvalue weighted by Crippen LogP contribution is -2.31. The molecule has 0 N–H and O–H groups in total. The smallest absolute Gasteiger partial charge is 0.289 e. The molecular weight excluding hydrogens is 348 g/mol. The first kappa shape index (κ1) is 20.6. The third-order valence-corrected chi connectivity index (χ3v) is 4.19. The molecular formula is C21H22O6. The van der Waals surface area contributed by atoms with Gasteiger partial charge in [0.15, 0.2) is 0 Å². The van der Waals surface area contributed by atoms with Crippen LogP contribution in [0.15, 0.2) is 60.7 Å². The van der Waals surface area contributed by atoms with Crippen LogP contribution >= 0.6 is 0 Å². The number of carbonyl (C=O) groups is 2. The first-order chi connectivity index (χ1) is 13.0. The summed E-state index contributed by atoms with van der Waals surface area (Å²) >= 11 is 0. The summed E-state index contributed by atoms with van der Waals surface area (Å²) < 4.78 is 0. The Morgan fingerprint density at radius 1 is 0.741 bits per heavy atom. The van der Waals surface area contributed by atoms with Gasteiger partial charge in [-0.1, -0.05) is 50.2 Å². The topological polar surface area (TPSA) is 71.1 Å². The van der Waals surface area contributed by atoms with Crippen LogP contribution in [0.1, 0.15) is 47.4 Å². The highest BCUT2D eigenvalue weighted by Gasteiger charge is 2.39. The third kappa shape index (κ3) is 5.64. The van der Waals surface area contributed by atoms with E-state index in [4.69, 9.17) is 19.6 Å². The van der Waals surface area contributed by atoms with Gasteiger partial charge in [0.05, 0.1) is 11.1 Å². The number of carbonyl (C=O) groups excluding carboxylic acids is 2. The number of rotatable bonds is 9. The fraction of sp³-hybridized carbons (Fsp3) is 0.238. The van der Waals surface area contributed by atoms with Crippen LogP contribution in [-0.4, -0.2) is 11.9 Å². The summed E-state index contributed by atoms with van der Waals surface area (Å²) in [6, 6.07) is 16.7. The van der Waals surface area contributed by atoms with Crippen LogP contribution < -0.4 is 0 Å². The summed E-state index contributed by atoms with van der Waals surface area (Å²) in [5.74, 6) is -1.42. The molecule has 6 nitrogen and oxygen atoms in total. The highest BCUT2D eigenvalue weighted by Crippen LogP contribution is 2.38. The fourth-order valence-corrected chi connectivity index (χ4v) is 2.13. The molecule has 0 fully saturated rings. The predicted molar refractivity (Wildman–Crippen MR) is 97.5 cm³/mol. The molecule has 2 rings (SSSR count).